The number of carbonyl (C=O) groups is 4. The van der Waals surface area contributed by atoms with Gasteiger partial charge in [-0.3, -0.25) is 14.9 Å². The molecular weight excluding hydrogens is 318 g/mol. The van der Waals surface area contributed by atoms with E-state index < -0.39 is 42.0 Å². The molecule has 1 rings (SSSR count). The fraction of sp³-hybridized carbons (Fsp3) is 0.467. The molecule has 1 aromatic heterocycles. The highest BCUT2D eigenvalue weighted by atomic mass is 16.5. The Balaban J connectivity index is 2.35. The zero-order valence-corrected chi connectivity index (χ0v) is 14.0. The van der Waals surface area contributed by atoms with E-state index in [9.17, 15) is 19.2 Å². The number of ether oxygens (including phenoxy) is 1. The van der Waals surface area contributed by atoms with Gasteiger partial charge in [-0.15, -0.1) is 0 Å². The maximum absolute atomic E-state index is 11.7. The van der Waals surface area contributed by atoms with Gasteiger partial charge >= 0.3 is 12.0 Å². The van der Waals surface area contributed by atoms with Crippen LogP contribution in [0.1, 0.15) is 38.2 Å². The number of furan rings is 1. The SMILES string of the molecule is C[C@H](NC(=O)c1ccco1)C(=O)OCC(=O)NC(=O)NC(C)(C)C. The van der Waals surface area contributed by atoms with Gasteiger partial charge < -0.3 is 19.8 Å². The molecule has 0 unspecified atom stereocenters. The Hall–Kier alpha value is -2.84. The topological polar surface area (TPSA) is 127 Å². The highest BCUT2D eigenvalue weighted by Gasteiger charge is 2.21. The minimum atomic E-state index is -0.987. The van der Waals surface area contributed by atoms with Crippen LogP contribution in [0, 0.1) is 0 Å². The average molecular weight is 339 g/mol. The molecule has 24 heavy (non-hydrogen) atoms. The van der Waals surface area contributed by atoms with Crippen molar-refractivity contribution >= 4 is 23.8 Å². The van der Waals surface area contributed by atoms with Crippen molar-refractivity contribution in [3.63, 3.8) is 0 Å². The molecule has 4 amide bonds. The van der Waals surface area contributed by atoms with Crippen LogP contribution in [0.15, 0.2) is 22.8 Å². The molecule has 0 saturated carbocycles. The Morgan fingerprint density at radius 2 is 1.92 bits per heavy atom. The van der Waals surface area contributed by atoms with Crippen LogP contribution in [0.25, 0.3) is 0 Å². The lowest BCUT2D eigenvalue weighted by Gasteiger charge is -2.20. The van der Waals surface area contributed by atoms with Crippen LogP contribution in [-0.2, 0) is 14.3 Å². The van der Waals surface area contributed by atoms with Crippen molar-refractivity contribution in [2.24, 2.45) is 0 Å². The monoisotopic (exact) mass is 339 g/mol. The van der Waals surface area contributed by atoms with Gasteiger partial charge in [-0.25, -0.2) is 9.59 Å². The maximum atomic E-state index is 11.7. The molecule has 9 heteroatoms. The van der Waals surface area contributed by atoms with E-state index in [1.807, 2.05) is 5.32 Å². The van der Waals surface area contributed by atoms with Crippen LogP contribution in [0.2, 0.25) is 0 Å². The molecule has 1 heterocycles. The van der Waals surface area contributed by atoms with Gasteiger partial charge in [0.15, 0.2) is 12.4 Å². The lowest BCUT2D eigenvalue weighted by molar-refractivity contribution is -0.149. The molecule has 132 valence electrons. The van der Waals surface area contributed by atoms with Crippen LogP contribution in [0.3, 0.4) is 0 Å². The van der Waals surface area contributed by atoms with Crippen molar-refractivity contribution in [3.8, 4) is 0 Å². The van der Waals surface area contributed by atoms with E-state index in [4.69, 9.17) is 9.15 Å². The van der Waals surface area contributed by atoms with E-state index in [-0.39, 0.29) is 5.76 Å². The Bertz CT molecular complexity index is 603. The molecule has 1 aromatic rings. The summed E-state index contributed by atoms with van der Waals surface area (Å²) in [6.45, 7) is 6.01. The number of nitrogens with one attached hydrogen (secondary N) is 3. The van der Waals surface area contributed by atoms with Crippen LogP contribution in [0.4, 0.5) is 4.79 Å². The molecule has 0 spiro atoms. The molecule has 0 saturated heterocycles. The van der Waals surface area contributed by atoms with Crippen LogP contribution >= 0.6 is 0 Å². The molecule has 0 aliphatic carbocycles. The fourth-order valence-electron chi connectivity index (χ4n) is 1.53. The van der Waals surface area contributed by atoms with Crippen molar-refractivity contribution in [2.75, 3.05) is 6.61 Å². The zero-order valence-electron chi connectivity index (χ0n) is 14.0. The van der Waals surface area contributed by atoms with Gasteiger partial charge in [-0.05, 0) is 39.8 Å². The first-order valence-corrected chi connectivity index (χ1v) is 7.21. The zero-order chi connectivity index (χ0) is 18.3. The highest BCUT2D eigenvalue weighted by molar-refractivity contribution is 5.97. The predicted molar refractivity (Wildman–Crippen MR) is 83.0 cm³/mol. The van der Waals surface area contributed by atoms with Gasteiger partial charge in [0.2, 0.25) is 0 Å². The first kappa shape index (κ1) is 19.2. The molecule has 3 N–H and O–H groups in total. The Kier molecular flexibility index (Phi) is 6.51. The number of hydrogen-bond acceptors (Lipinski definition) is 6. The van der Waals surface area contributed by atoms with Gasteiger partial charge in [0.25, 0.3) is 11.8 Å². The molecule has 0 fully saturated rings. The largest absolute Gasteiger partial charge is 0.459 e. The minimum absolute atomic E-state index is 0.0474. The first-order chi connectivity index (χ1) is 11.1. The molecule has 0 aliphatic heterocycles. The fourth-order valence-corrected chi connectivity index (χ4v) is 1.53. The van der Waals surface area contributed by atoms with Crippen LogP contribution in [0.5, 0.6) is 0 Å². The number of imide groups is 1. The van der Waals surface area contributed by atoms with Crippen molar-refractivity contribution in [1.29, 1.82) is 0 Å². The lowest BCUT2D eigenvalue weighted by atomic mass is 10.1. The predicted octanol–water partition coefficient (Wildman–Crippen LogP) is 0.565. The number of amides is 4. The molecule has 9 nitrogen and oxygen atoms in total. The summed E-state index contributed by atoms with van der Waals surface area (Å²) >= 11 is 0. The van der Waals surface area contributed by atoms with E-state index in [1.54, 1.807) is 20.8 Å². The van der Waals surface area contributed by atoms with Gasteiger partial charge in [-0.2, -0.15) is 0 Å². The summed E-state index contributed by atoms with van der Waals surface area (Å²) < 4.78 is 9.62. The van der Waals surface area contributed by atoms with E-state index in [0.29, 0.717) is 0 Å². The normalized spacial score (nSPS) is 12.0. The summed E-state index contributed by atoms with van der Waals surface area (Å²) in [5.74, 6) is -2.14. The molecule has 0 aliphatic rings. The van der Waals surface area contributed by atoms with Crippen LogP contribution < -0.4 is 16.0 Å². The van der Waals surface area contributed by atoms with Crippen molar-refractivity contribution in [3.05, 3.63) is 24.2 Å². The minimum Gasteiger partial charge on any atom is -0.459 e. The molecule has 0 radical (unpaired) electrons. The second-order valence-corrected chi connectivity index (χ2v) is 6.03. The Morgan fingerprint density at radius 1 is 1.25 bits per heavy atom. The third-order valence-corrected chi connectivity index (χ3v) is 2.53. The summed E-state index contributed by atoms with van der Waals surface area (Å²) in [7, 11) is 0. The number of esters is 1. The quantitative estimate of drug-likeness (QED) is 0.673. The van der Waals surface area contributed by atoms with E-state index in [1.165, 1.54) is 25.3 Å². The second kappa shape index (κ2) is 8.14. The summed E-state index contributed by atoms with van der Waals surface area (Å²) in [4.78, 5) is 46.4. The molecular formula is C15H21N3O6. The third kappa shape index (κ3) is 6.95. The molecule has 0 bridgehead atoms. The maximum Gasteiger partial charge on any atom is 0.328 e. The molecule has 0 aromatic carbocycles. The van der Waals surface area contributed by atoms with Gasteiger partial charge in [0.05, 0.1) is 6.26 Å². The van der Waals surface area contributed by atoms with Gasteiger partial charge in [0.1, 0.15) is 6.04 Å². The number of urea groups is 1. The number of carbonyl (C=O) groups excluding carboxylic acids is 4. The smallest absolute Gasteiger partial charge is 0.328 e. The van der Waals surface area contributed by atoms with E-state index in [2.05, 4.69) is 10.6 Å². The first-order valence-electron chi connectivity index (χ1n) is 7.21. The Labute approximate surface area is 139 Å². The third-order valence-electron chi connectivity index (χ3n) is 2.53. The average Bonchev–Trinajstić information content (AvgIpc) is 2.96. The number of hydrogen-bond donors (Lipinski definition) is 3. The number of rotatable bonds is 5. The summed E-state index contributed by atoms with van der Waals surface area (Å²) in [5.41, 5.74) is -0.508. The van der Waals surface area contributed by atoms with Crippen molar-refractivity contribution in [1.82, 2.24) is 16.0 Å². The van der Waals surface area contributed by atoms with Crippen molar-refractivity contribution in [2.45, 2.75) is 39.3 Å². The lowest BCUT2D eigenvalue weighted by Crippen LogP contribution is -2.49. The standard InChI is InChI=1S/C15H21N3O6/c1-9(16-12(20)10-6-5-7-23-10)13(21)24-8-11(19)17-14(22)18-15(2,3)4/h5-7,9H,8H2,1-4H3,(H,16,20)(H2,17,18,19,22)/t9-/m0/s1. The van der Waals surface area contributed by atoms with Crippen LogP contribution in [-0.4, -0.2) is 42.0 Å². The second-order valence-electron chi connectivity index (χ2n) is 6.03. The summed E-state index contributed by atoms with van der Waals surface area (Å²) in [6.07, 6.45) is 1.32. The summed E-state index contributed by atoms with van der Waals surface area (Å²) in [6, 6.07) is 1.29. The van der Waals surface area contributed by atoms with E-state index in [0.717, 1.165) is 0 Å². The Morgan fingerprint density at radius 3 is 2.46 bits per heavy atom. The highest BCUT2D eigenvalue weighted by Crippen LogP contribution is 2.01. The van der Waals surface area contributed by atoms with E-state index >= 15 is 0 Å². The summed E-state index contributed by atoms with van der Waals surface area (Å²) in [5, 5.41) is 6.91. The molecule has 1 atom stereocenters. The van der Waals surface area contributed by atoms with Gasteiger partial charge in [0, 0.05) is 5.54 Å². The van der Waals surface area contributed by atoms with Gasteiger partial charge in [-0.1, -0.05) is 0 Å². The van der Waals surface area contributed by atoms with Crippen molar-refractivity contribution < 1.29 is 28.3 Å².